The minimum atomic E-state index is -1.35. The van der Waals surface area contributed by atoms with E-state index < -0.39 is 23.9 Å². The van der Waals surface area contributed by atoms with Gasteiger partial charge in [-0.15, -0.1) is 0 Å². The molecule has 0 aliphatic rings. The molecule has 0 aromatic heterocycles. The number of benzene rings is 6. The number of carboxylic acids is 4. The van der Waals surface area contributed by atoms with Crippen molar-refractivity contribution >= 4 is 77.7 Å². The van der Waals surface area contributed by atoms with Crippen LogP contribution in [0.5, 0.6) is 0 Å². The molecule has 0 heterocycles. The molecule has 6 aromatic carbocycles. The van der Waals surface area contributed by atoms with Crippen molar-refractivity contribution in [1.82, 2.24) is 0 Å². The zero-order valence-corrected chi connectivity index (χ0v) is 19.4. The normalized spacial score (nSPS) is 11.5. The van der Waals surface area contributed by atoms with Crippen molar-refractivity contribution in [2.75, 3.05) is 0 Å². The molecule has 0 saturated carbocycles. The maximum Gasteiger partial charge on any atom is 0.336 e. The quantitative estimate of drug-likeness (QED) is 0.163. The summed E-state index contributed by atoms with van der Waals surface area (Å²) < 4.78 is 0. The first-order valence-electron chi connectivity index (χ1n) is 11.4. The minimum Gasteiger partial charge on any atom is -0.478 e. The molecular formula is C30H16O8. The van der Waals surface area contributed by atoms with Crippen molar-refractivity contribution in [3.05, 3.63) is 95.1 Å². The average Bonchev–Trinajstić information content (AvgIpc) is 2.87. The third kappa shape index (κ3) is 3.31. The van der Waals surface area contributed by atoms with Crippen LogP contribution in [0.4, 0.5) is 0 Å². The fourth-order valence-corrected chi connectivity index (χ4v) is 5.29. The monoisotopic (exact) mass is 504 g/mol. The summed E-state index contributed by atoms with van der Waals surface area (Å²) in [6.45, 7) is 0. The maximum absolute atomic E-state index is 12.4. The lowest BCUT2D eigenvalue weighted by molar-refractivity contribution is 0.0652. The third-order valence-electron chi connectivity index (χ3n) is 6.93. The van der Waals surface area contributed by atoms with Gasteiger partial charge in [0.25, 0.3) is 0 Å². The zero-order valence-electron chi connectivity index (χ0n) is 19.4. The van der Waals surface area contributed by atoms with Crippen LogP contribution in [0, 0.1) is 0 Å². The lowest BCUT2D eigenvalue weighted by atomic mass is 9.90. The topological polar surface area (TPSA) is 149 Å². The Morgan fingerprint density at radius 2 is 0.947 bits per heavy atom. The summed E-state index contributed by atoms with van der Waals surface area (Å²) in [6.07, 6.45) is 0. The summed E-state index contributed by atoms with van der Waals surface area (Å²) in [4.78, 5) is 47.6. The molecule has 0 bridgehead atoms. The highest BCUT2D eigenvalue weighted by Crippen LogP contribution is 2.37. The first-order valence-corrected chi connectivity index (χ1v) is 11.4. The molecule has 0 aliphatic carbocycles. The molecule has 0 spiro atoms. The maximum atomic E-state index is 12.4. The van der Waals surface area contributed by atoms with Gasteiger partial charge in [0, 0.05) is 5.39 Å². The van der Waals surface area contributed by atoms with Crippen LogP contribution in [0.1, 0.15) is 41.4 Å². The van der Waals surface area contributed by atoms with Gasteiger partial charge in [0.15, 0.2) is 0 Å². The Morgan fingerprint density at radius 3 is 1.58 bits per heavy atom. The molecule has 0 unspecified atom stereocenters. The summed E-state index contributed by atoms with van der Waals surface area (Å²) in [5.74, 6) is -5.14. The number of hydrogen-bond donors (Lipinski definition) is 4. The van der Waals surface area contributed by atoms with Gasteiger partial charge in [0.1, 0.15) is 0 Å². The van der Waals surface area contributed by atoms with Gasteiger partial charge in [-0.05, 0) is 97.0 Å². The van der Waals surface area contributed by atoms with Crippen LogP contribution in [0.3, 0.4) is 0 Å². The second-order valence-electron chi connectivity index (χ2n) is 9.05. The van der Waals surface area contributed by atoms with Gasteiger partial charge in [0.05, 0.1) is 22.3 Å². The molecular weight excluding hydrogens is 488 g/mol. The van der Waals surface area contributed by atoms with E-state index in [1.54, 1.807) is 36.4 Å². The van der Waals surface area contributed by atoms with Crippen LogP contribution in [0.25, 0.3) is 53.9 Å². The SMILES string of the molecule is O=C(O)c1cc2ccc3cc4cc5c(C(=O)O)c6c(C(=O)O)cccc6cc5cc4cc3c2cc1C(=O)O. The number of fused-ring (bicyclic) bond motifs is 6. The Morgan fingerprint density at radius 1 is 0.421 bits per heavy atom. The van der Waals surface area contributed by atoms with Gasteiger partial charge < -0.3 is 20.4 Å². The second-order valence-corrected chi connectivity index (χ2v) is 9.05. The second kappa shape index (κ2) is 8.01. The molecule has 8 heteroatoms. The Bertz CT molecular complexity index is 2090. The zero-order chi connectivity index (χ0) is 26.9. The summed E-state index contributed by atoms with van der Waals surface area (Å²) in [5.41, 5.74) is -0.807. The predicted molar refractivity (Wildman–Crippen MR) is 142 cm³/mol. The van der Waals surface area contributed by atoms with Crippen LogP contribution in [0.2, 0.25) is 0 Å². The van der Waals surface area contributed by atoms with E-state index >= 15 is 0 Å². The van der Waals surface area contributed by atoms with Gasteiger partial charge in [-0.2, -0.15) is 0 Å². The van der Waals surface area contributed by atoms with Gasteiger partial charge in [-0.25, -0.2) is 19.2 Å². The highest BCUT2D eigenvalue weighted by atomic mass is 16.4. The van der Waals surface area contributed by atoms with Crippen LogP contribution < -0.4 is 0 Å². The Hall–Kier alpha value is -5.50. The van der Waals surface area contributed by atoms with Crippen molar-refractivity contribution in [1.29, 1.82) is 0 Å². The number of carbonyl (C=O) groups is 4. The van der Waals surface area contributed by atoms with E-state index in [2.05, 4.69) is 0 Å². The molecule has 6 aromatic rings. The fraction of sp³-hybridized carbons (Fsp3) is 0. The molecule has 4 N–H and O–H groups in total. The van der Waals surface area contributed by atoms with Crippen molar-refractivity contribution in [2.24, 2.45) is 0 Å². The summed E-state index contributed by atoms with van der Waals surface area (Å²) in [5, 5.41) is 44.5. The van der Waals surface area contributed by atoms with Crippen LogP contribution >= 0.6 is 0 Å². The fourth-order valence-electron chi connectivity index (χ4n) is 5.29. The predicted octanol–water partition coefficient (Wildman–Crippen LogP) is 6.25. The molecule has 0 saturated heterocycles. The van der Waals surface area contributed by atoms with Crippen molar-refractivity contribution in [2.45, 2.75) is 0 Å². The molecule has 6 rings (SSSR count). The standard InChI is InChI=1S/C30H16O8/c31-27(32)19-3-1-2-15-7-18-8-17-10-20-13(6-16(17)11-22(18)26(25(15)19)30(37)38)4-5-14-9-23(28(33)34)24(29(35)36)12-21(14)20/h1-12H,(H,31,32)(H,33,34)(H,35,36)(H,37,38). The van der Waals surface area contributed by atoms with Crippen molar-refractivity contribution in [3.8, 4) is 0 Å². The molecule has 0 aliphatic heterocycles. The average molecular weight is 504 g/mol. The molecule has 184 valence electrons. The van der Waals surface area contributed by atoms with Gasteiger partial charge in [-0.3, -0.25) is 0 Å². The molecule has 8 nitrogen and oxygen atoms in total. The van der Waals surface area contributed by atoms with E-state index in [1.165, 1.54) is 18.2 Å². The van der Waals surface area contributed by atoms with Crippen LogP contribution in [-0.2, 0) is 0 Å². The molecule has 0 radical (unpaired) electrons. The molecule has 38 heavy (non-hydrogen) atoms. The van der Waals surface area contributed by atoms with E-state index in [0.29, 0.717) is 37.7 Å². The van der Waals surface area contributed by atoms with E-state index in [4.69, 9.17) is 0 Å². The van der Waals surface area contributed by atoms with Crippen LogP contribution in [0.15, 0.2) is 72.8 Å². The van der Waals surface area contributed by atoms with Crippen molar-refractivity contribution in [3.63, 3.8) is 0 Å². The summed E-state index contributed by atoms with van der Waals surface area (Å²) in [6, 6.07) is 19.8. The van der Waals surface area contributed by atoms with E-state index in [0.717, 1.165) is 10.8 Å². The largest absolute Gasteiger partial charge is 0.478 e. The lowest BCUT2D eigenvalue weighted by Gasteiger charge is -2.13. The Labute approximate surface area is 212 Å². The molecule has 0 amide bonds. The highest BCUT2D eigenvalue weighted by molar-refractivity contribution is 6.23. The number of aromatic carboxylic acids is 4. The molecule has 0 fully saturated rings. The smallest absolute Gasteiger partial charge is 0.336 e. The first-order chi connectivity index (χ1) is 18.1. The first kappa shape index (κ1) is 22.9. The van der Waals surface area contributed by atoms with Crippen molar-refractivity contribution < 1.29 is 39.6 Å². The molecule has 0 atom stereocenters. The third-order valence-corrected chi connectivity index (χ3v) is 6.93. The number of carboxylic acid groups (broad SMARTS) is 4. The van der Waals surface area contributed by atoms with E-state index in [9.17, 15) is 39.6 Å². The van der Waals surface area contributed by atoms with Gasteiger partial charge >= 0.3 is 23.9 Å². The van der Waals surface area contributed by atoms with E-state index in [-0.39, 0.29) is 27.6 Å². The highest BCUT2D eigenvalue weighted by Gasteiger charge is 2.21. The van der Waals surface area contributed by atoms with Gasteiger partial charge in [-0.1, -0.05) is 24.3 Å². The summed E-state index contributed by atoms with van der Waals surface area (Å²) >= 11 is 0. The number of rotatable bonds is 4. The lowest BCUT2D eigenvalue weighted by Crippen LogP contribution is -2.08. The summed E-state index contributed by atoms with van der Waals surface area (Å²) in [7, 11) is 0. The van der Waals surface area contributed by atoms with E-state index in [1.807, 2.05) is 18.2 Å². The Balaban J connectivity index is 1.73. The van der Waals surface area contributed by atoms with Crippen LogP contribution in [-0.4, -0.2) is 44.3 Å². The Kier molecular flexibility index (Phi) is 4.83. The van der Waals surface area contributed by atoms with Gasteiger partial charge in [0.2, 0.25) is 0 Å². The minimum absolute atomic E-state index is 0.0942. The number of hydrogen-bond acceptors (Lipinski definition) is 4.